The maximum absolute atomic E-state index is 6.17. The second-order valence-corrected chi connectivity index (χ2v) is 4.59. The average molecular weight is 305 g/mol. The molecule has 0 radical (unpaired) electrons. The van der Waals surface area contributed by atoms with E-state index >= 15 is 0 Å². The summed E-state index contributed by atoms with van der Waals surface area (Å²) in [5.41, 5.74) is 4.09. The quantitative estimate of drug-likeness (QED) is 0.630. The molecular formula is C11H14Cl2N4O2. The van der Waals surface area contributed by atoms with Crippen LogP contribution < -0.4 is 11.3 Å². The lowest BCUT2D eigenvalue weighted by molar-refractivity contribution is 0.182. The first-order valence-electron chi connectivity index (χ1n) is 5.58. The normalized spacial score (nSPS) is 12.8. The SMILES string of the molecule is COCCn1ncc(Cl)c1C(NN)c1ccoc1Cl. The molecule has 3 N–H and O–H groups in total. The van der Waals surface area contributed by atoms with Crippen LogP contribution in [0.3, 0.4) is 0 Å². The molecule has 0 aliphatic heterocycles. The largest absolute Gasteiger partial charge is 0.453 e. The van der Waals surface area contributed by atoms with Crippen molar-refractivity contribution in [2.24, 2.45) is 5.84 Å². The summed E-state index contributed by atoms with van der Waals surface area (Å²) in [4.78, 5) is 0. The molecule has 2 aromatic rings. The minimum atomic E-state index is -0.405. The van der Waals surface area contributed by atoms with Crippen LogP contribution in [0.5, 0.6) is 0 Å². The highest BCUT2D eigenvalue weighted by Crippen LogP contribution is 2.32. The molecule has 19 heavy (non-hydrogen) atoms. The fourth-order valence-electron chi connectivity index (χ4n) is 1.84. The number of halogens is 2. The van der Waals surface area contributed by atoms with Gasteiger partial charge in [0.15, 0.2) is 5.22 Å². The molecule has 0 fully saturated rings. The minimum Gasteiger partial charge on any atom is -0.453 e. The standard InChI is InChI=1S/C11H14Cl2N4O2/c1-18-5-3-17-10(8(12)6-15-17)9(16-14)7-2-4-19-11(7)13/h2,4,6,9,16H,3,5,14H2,1H3. The van der Waals surface area contributed by atoms with E-state index in [1.165, 1.54) is 6.26 Å². The van der Waals surface area contributed by atoms with Crippen LogP contribution in [-0.4, -0.2) is 23.5 Å². The van der Waals surface area contributed by atoms with E-state index < -0.39 is 6.04 Å². The fourth-order valence-corrected chi connectivity index (χ4v) is 2.32. The number of hydrogen-bond acceptors (Lipinski definition) is 5. The molecule has 104 valence electrons. The summed E-state index contributed by atoms with van der Waals surface area (Å²) in [6.07, 6.45) is 3.05. The summed E-state index contributed by atoms with van der Waals surface area (Å²) < 4.78 is 11.8. The van der Waals surface area contributed by atoms with Crippen molar-refractivity contribution < 1.29 is 9.15 Å². The Morgan fingerprint density at radius 2 is 2.37 bits per heavy atom. The molecule has 0 saturated carbocycles. The summed E-state index contributed by atoms with van der Waals surface area (Å²) in [6, 6.07) is 1.33. The van der Waals surface area contributed by atoms with E-state index in [9.17, 15) is 0 Å². The van der Waals surface area contributed by atoms with Crippen molar-refractivity contribution in [2.45, 2.75) is 12.6 Å². The molecule has 1 atom stereocenters. The van der Waals surface area contributed by atoms with Crippen LogP contribution in [0.15, 0.2) is 22.9 Å². The minimum absolute atomic E-state index is 0.263. The Balaban J connectivity index is 2.38. The maximum atomic E-state index is 6.17. The number of methoxy groups -OCH3 is 1. The number of nitrogens with one attached hydrogen (secondary N) is 1. The second-order valence-electron chi connectivity index (χ2n) is 3.84. The first kappa shape index (κ1) is 14.4. The Morgan fingerprint density at radius 3 is 2.95 bits per heavy atom. The van der Waals surface area contributed by atoms with E-state index in [0.717, 1.165) is 0 Å². The fraction of sp³-hybridized carbons (Fsp3) is 0.364. The third-order valence-electron chi connectivity index (χ3n) is 2.74. The first-order valence-corrected chi connectivity index (χ1v) is 6.33. The van der Waals surface area contributed by atoms with Gasteiger partial charge in [0.1, 0.15) is 0 Å². The summed E-state index contributed by atoms with van der Waals surface area (Å²) in [7, 11) is 1.62. The molecule has 0 saturated heterocycles. The van der Waals surface area contributed by atoms with Gasteiger partial charge in [-0.1, -0.05) is 11.6 Å². The summed E-state index contributed by atoms with van der Waals surface area (Å²) in [5.74, 6) is 5.61. The van der Waals surface area contributed by atoms with Gasteiger partial charge in [-0.3, -0.25) is 10.5 Å². The number of rotatable bonds is 6. The zero-order valence-electron chi connectivity index (χ0n) is 10.3. The molecule has 0 aromatic carbocycles. The lowest BCUT2D eigenvalue weighted by atomic mass is 10.1. The Kier molecular flexibility index (Phi) is 4.84. The Hall–Kier alpha value is -1.05. The Bertz CT molecular complexity index is 541. The molecule has 6 nitrogen and oxygen atoms in total. The molecule has 2 rings (SSSR count). The van der Waals surface area contributed by atoms with Gasteiger partial charge in [-0.25, -0.2) is 5.43 Å². The van der Waals surface area contributed by atoms with Gasteiger partial charge in [0.2, 0.25) is 0 Å². The van der Waals surface area contributed by atoms with Crippen molar-refractivity contribution in [2.75, 3.05) is 13.7 Å². The third-order valence-corrected chi connectivity index (χ3v) is 3.34. The Labute approximate surface area is 120 Å². The van der Waals surface area contributed by atoms with Crippen molar-refractivity contribution in [3.05, 3.63) is 40.0 Å². The van der Waals surface area contributed by atoms with Gasteiger partial charge in [-0.2, -0.15) is 5.10 Å². The number of hydrogen-bond donors (Lipinski definition) is 2. The van der Waals surface area contributed by atoms with Crippen molar-refractivity contribution in [3.63, 3.8) is 0 Å². The highest BCUT2D eigenvalue weighted by atomic mass is 35.5. The Morgan fingerprint density at radius 1 is 1.58 bits per heavy atom. The number of furan rings is 1. The van der Waals surface area contributed by atoms with Crippen molar-refractivity contribution >= 4 is 23.2 Å². The van der Waals surface area contributed by atoms with Gasteiger partial charge in [0, 0.05) is 12.7 Å². The van der Waals surface area contributed by atoms with E-state index in [2.05, 4.69) is 10.5 Å². The number of nitrogens with two attached hydrogens (primary N) is 1. The lowest BCUT2D eigenvalue weighted by Crippen LogP contribution is -2.31. The predicted molar refractivity (Wildman–Crippen MR) is 72.0 cm³/mol. The molecular weight excluding hydrogens is 291 g/mol. The van der Waals surface area contributed by atoms with E-state index in [1.54, 1.807) is 24.1 Å². The van der Waals surface area contributed by atoms with Gasteiger partial charge in [0.25, 0.3) is 0 Å². The molecule has 0 amide bonds. The van der Waals surface area contributed by atoms with Gasteiger partial charge in [0.05, 0.1) is 42.4 Å². The molecule has 0 aliphatic carbocycles. The van der Waals surface area contributed by atoms with E-state index in [4.69, 9.17) is 38.2 Å². The van der Waals surface area contributed by atoms with Crippen molar-refractivity contribution in [1.29, 1.82) is 0 Å². The van der Waals surface area contributed by atoms with Crippen molar-refractivity contribution in [3.8, 4) is 0 Å². The predicted octanol–water partition coefficient (Wildman–Crippen LogP) is 1.98. The number of ether oxygens (including phenoxy) is 1. The van der Waals surface area contributed by atoms with E-state index in [1.807, 2.05) is 0 Å². The lowest BCUT2D eigenvalue weighted by Gasteiger charge is -2.17. The second kappa shape index (κ2) is 6.40. The maximum Gasteiger partial charge on any atom is 0.198 e. The van der Waals surface area contributed by atoms with Crippen LogP contribution in [0.2, 0.25) is 10.2 Å². The van der Waals surface area contributed by atoms with Crippen LogP contribution in [0.4, 0.5) is 0 Å². The van der Waals surface area contributed by atoms with Crippen LogP contribution in [0.25, 0.3) is 0 Å². The number of aromatic nitrogens is 2. The van der Waals surface area contributed by atoms with Crippen LogP contribution in [0.1, 0.15) is 17.3 Å². The van der Waals surface area contributed by atoms with Gasteiger partial charge >= 0.3 is 0 Å². The highest BCUT2D eigenvalue weighted by molar-refractivity contribution is 6.31. The van der Waals surface area contributed by atoms with Crippen LogP contribution in [0, 0.1) is 0 Å². The van der Waals surface area contributed by atoms with E-state index in [-0.39, 0.29) is 5.22 Å². The van der Waals surface area contributed by atoms with Gasteiger partial charge in [-0.15, -0.1) is 0 Å². The van der Waals surface area contributed by atoms with Gasteiger partial charge in [-0.05, 0) is 17.7 Å². The molecule has 2 aromatic heterocycles. The summed E-state index contributed by atoms with van der Waals surface area (Å²) in [5, 5.41) is 4.96. The zero-order chi connectivity index (χ0) is 13.8. The van der Waals surface area contributed by atoms with Crippen LogP contribution >= 0.6 is 23.2 Å². The molecule has 0 bridgehead atoms. The number of hydrazine groups is 1. The average Bonchev–Trinajstić information content (AvgIpc) is 2.97. The first-order chi connectivity index (χ1) is 9.19. The summed E-state index contributed by atoms with van der Waals surface area (Å²) >= 11 is 12.2. The van der Waals surface area contributed by atoms with Crippen LogP contribution in [-0.2, 0) is 11.3 Å². The van der Waals surface area contributed by atoms with Crippen molar-refractivity contribution in [1.82, 2.24) is 15.2 Å². The molecule has 0 spiro atoms. The monoisotopic (exact) mass is 304 g/mol. The topological polar surface area (TPSA) is 78.2 Å². The third kappa shape index (κ3) is 2.93. The molecule has 2 heterocycles. The smallest absolute Gasteiger partial charge is 0.198 e. The van der Waals surface area contributed by atoms with Gasteiger partial charge < -0.3 is 9.15 Å². The zero-order valence-corrected chi connectivity index (χ0v) is 11.8. The molecule has 8 heteroatoms. The molecule has 0 aliphatic rings. The number of nitrogens with zero attached hydrogens (tertiary/aromatic N) is 2. The molecule has 1 unspecified atom stereocenters. The highest BCUT2D eigenvalue weighted by Gasteiger charge is 2.24. The van der Waals surface area contributed by atoms with E-state index in [0.29, 0.717) is 29.4 Å². The summed E-state index contributed by atoms with van der Waals surface area (Å²) in [6.45, 7) is 1.08.